The van der Waals surface area contributed by atoms with E-state index in [1.165, 1.54) is 12.8 Å². The SMILES string of the molecule is CCC1CC1Nc1cccc(OC)c1N. The van der Waals surface area contributed by atoms with Gasteiger partial charge in [-0.05, 0) is 24.5 Å². The third kappa shape index (κ3) is 2.01. The Kier molecular flexibility index (Phi) is 2.71. The van der Waals surface area contributed by atoms with Crippen molar-refractivity contribution in [3.05, 3.63) is 18.2 Å². The first-order valence-corrected chi connectivity index (χ1v) is 5.45. The molecule has 1 aromatic carbocycles. The first kappa shape index (κ1) is 10.1. The molecule has 1 aromatic rings. The van der Waals surface area contributed by atoms with Crippen LogP contribution in [0.2, 0.25) is 0 Å². The van der Waals surface area contributed by atoms with E-state index in [2.05, 4.69) is 12.2 Å². The summed E-state index contributed by atoms with van der Waals surface area (Å²) in [5.41, 5.74) is 7.67. The summed E-state index contributed by atoms with van der Waals surface area (Å²) in [7, 11) is 1.64. The lowest BCUT2D eigenvalue weighted by molar-refractivity contribution is 0.417. The molecule has 0 spiro atoms. The van der Waals surface area contributed by atoms with Crippen LogP contribution in [0.15, 0.2) is 18.2 Å². The lowest BCUT2D eigenvalue weighted by Gasteiger charge is -2.11. The molecular formula is C12H18N2O. The van der Waals surface area contributed by atoms with E-state index >= 15 is 0 Å². The molecule has 2 unspecified atom stereocenters. The Bertz CT molecular complexity index is 351. The fourth-order valence-electron chi connectivity index (χ4n) is 1.92. The number of hydrogen-bond acceptors (Lipinski definition) is 3. The van der Waals surface area contributed by atoms with Crippen LogP contribution in [-0.4, -0.2) is 13.2 Å². The Morgan fingerprint density at radius 2 is 2.33 bits per heavy atom. The van der Waals surface area contributed by atoms with E-state index in [0.717, 1.165) is 17.4 Å². The molecule has 3 N–H and O–H groups in total. The van der Waals surface area contributed by atoms with Gasteiger partial charge in [0.25, 0.3) is 0 Å². The van der Waals surface area contributed by atoms with Gasteiger partial charge >= 0.3 is 0 Å². The minimum Gasteiger partial charge on any atom is -0.495 e. The fraction of sp³-hybridized carbons (Fsp3) is 0.500. The summed E-state index contributed by atoms with van der Waals surface area (Å²) in [6.07, 6.45) is 2.49. The second-order valence-electron chi connectivity index (χ2n) is 4.08. The van der Waals surface area contributed by atoms with Crippen LogP contribution in [0.1, 0.15) is 19.8 Å². The van der Waals surface area contributed by atoms with Crippen LogP contribution in [-0.2, 0) is 0 Å². The zero-order valence-electron chi connectivity index (χ0n) is 9.29. The van der Waals surface area contributed by atoms with Gasteiger partial charge < -0.3 is 15.8 Å². The molecule has 0 aromatic heterocycles. The molecule has 0 bridgehead atoms. The molecule has 0 amide bonds. The number of para-hydroxylation sites is 1. The maximum absolute atomic E-state index is 5.97. The van der Waals surface area contributed by atoms with Gasteiger partial charge in [-0.1, -0.05) is 19.4 Å². The van der Waals surface area contributed by atoms with Crippen molar-refractivity contribution >= 4 is 11.4 Å². The van der Waals surface area contributed by atoms with Gasteiger partial charge in [0.05, 0.1) is 18.5 Å². The molecule has 1 fully saturated rings. The molecule has 82 valence electrons. The second-order valence-corrected chi connectivity index (χ2v) is 4.08. The molecule has 0 radical (unpaired) electrons. The molecule has 2 atom stereocenters. The van der Waals surface area contributed by atoms with Crippen LogP contribution in [0.25, 0.3) is 0 Å². The quantitative estimate of drug-likeness (QED) is 0.744. The zero-order valence-corrected chi connectivity index (χ0v) is 9.29. The van der Waals surface area contributed by atoms with Gasteiger partial charge in [-0.25, -0.2) is 0 Å². The van der Waals surface area contributed by atoms with Gasteiger partial charge in [0.2, 0.25) is 0 Å². The number of methoxy groups -OCH3 is 1. The summed E-state index contributed by atoms with van der Waals surface area (Å²) in [6, 6.07) is 6.44. The Morgan fingerprint density at radius 1 is 1.53 bits per heavy atom. The summed E-state index contributed by atoms with van der Waals surface area (Å²) >= 11 is 0. The number of benzene rings is 1. The lowest BCUT2D eigenvalue weighted by Crippen LogP contribution is -2.07. The highest BCUT2D eigenvalue weighted by atomic mass is 16.5. The van der Waals surface area contributed by atoms with Gasteiger partial charge in [0.15, 0.2) is 0 Å². The summed E-state index contributed by atoms with van der Waals surface area (Å²) in [5.74, 6) is 1.56. The highest BCUT2D eigenvalue weighted by Gasteiger charge is 2.35. The van der Waals surface area contributed by atoms with E-state index in [4.69, 9.17) is 10.5 Å². The van der Waals surface area contributed by atoms with Crippen molar-refractivity contribution in [2.45, 2.75) is 25.8 Å². The minimum absolute atomic E-state index is 0.601. The number of anilines is 2. The molecule has 0 saturated heterocycles. The molecule has 0 aliphatic heterocycles. The Hall–Kier alpha value is -1.38. The number of nitrogen functional groups attached to an aromatic ring is 1. The van der Waals surface area contributed by atoms with Gasteiger partial charge in [0.1, 0.15) is 5.75 Å². The van der Waals surface area contributed by atoms with Crippen LogP contribution in [0.5, 0.6) is 5.75 Å². The van der Waals surface area contributed by atoms with Crippen molar-refractivity contribution in [2.24, 2.45) is 5.92 Å². The first-order chi connectivity index (χ1) is 7.26. The number of ether oxygens (including phenoxy) is 1. The number of nitrogens with one attached hydrogen (secondary N) is 1. The molecule has 0 heterocycles. The molecule has 1 aliphatic rings. The maximum Gasteiger partial charge on any atom is 0.143 e. The third-order valence-electron chi connectivity index (χ3n) is 3.07. The lowest BCUT2D eigenvalue weighted by atomic mass is 10.2. The smallest absolute Gasteiger partial charge is 0.143 e. The molecular weight excluding hydrogens is 188 g/mol. The maximum atomic E-state index is 5.97. The molecule has 1 saturated carbocycles. The number of rotatable bonds is 4. The van der Waals surface area contributed by atoms with Gasteiger partial charge in [0, 0.05) is 6.04 Å². The summed E-state index contributed by atoms with van der Waals surface area (Å²) < 4.78 is 5.18. The van der Waals surface area contributed by atoms with E-state index < -0.39 is 0 Å². The average molecular weight is 206 g/mol. The fourth-order valence-corrected chi connectivity index (χ4v) is 1.92. The minimum atomic E-state index is 0.601. The molecule has 1 aliphatic carbocycles. The van der Waals surface area contributed by atoms with Crippen molar-refractivity contribution < 1.29 is 4.74 Å². The second kappa shape index (κ2) is 4.01. The third-order valence-corrected chi connectivity index (χ3v) is 3.07. The number of nitrogens with two attached hydrogens (primary N) is 1. The van der Waals surface area contributed by atoms with Gasteiger partial charge in [-0.2, -0.15) is 0 Å². The molecule has 3 heteroatoms. The Morgan fingerprint density at radius 3 is 2.93 bits per heavy atom. The summed E-state index contributed by atoms with van der Waals surface area (Å²) in [4.78, 5) is 0. The van der Waals surface area contributed by atoms with E-state index in [1.807, 2.05) is 18.2 Å². The molecule has 2 rings (SSSR count). The topological polar surface area (TPSA) is 47.3 Å². The van der Waals surface area contributed by atoms with Crippen molar-refractivity contribution in [1.82, 2.24) is 0 Å². The largest absolute Gasteiger partial charge is 0.495 e. The van der Waals surface area contributed by atoms with Crippen LogP contribution in [0.3, 0.4) is 0 Å². The van der Waals surface area contributed by atoms with Gasteiger partial charge in [-0.3, -0.25) is 0 Å². The number of hydrogen-bond donors (Lipinski definition) is 2. The Labute approximate surface area is 90.6 Å². The van der Waals surface area contributed by atoms with E-state index in [1.54, 1.807) is 7.11 Å². The highest BCUT2D eigenvalue weighted by molar-refractivity contribution is 5.73. The molecule has 15 heavy (non-hydrogen) atoms. The van der Waals surface area contributed by atoms with Crippen LogP contribution >= 0.6 is 0 Å². The predicted octanol–water partition coefficient (Wildman–Crippen LogP) is 2.49. The summed E-state index contributed by atoms with van der Waals surface area (Å²) in [5, 5.41) is 3.45. The van der Waals surface area contributed by atoms with E-state index in [-0.39, 0.29) is 0 Å². The van der Waals surface area contributed by atoms with Crippen molar-refractivity contribution in [3.8, 4) is 5.75 Å². The monoisotopic (exact) mass is 206 g/mol. The average Bonchev–Trinajstić information content (AvgIpc) is 3.00. The van der Waals surface area contributed by atoms with E-state index in [0.29, 0.717) is 11.7 Å². The predicted molar refractivity (Wildman–Crippen MR) is 63.2 cm³/mol. The van der Waals surface area contributed by atoms with Crippen LogP contribution < -0.4 is 15.8 Å². The first-order valence-electron chi connectivity index (χ1n) is 5.45. The molecule has 3 nitrogen and oxygen atoms in total. The van der Waals surface area contributed by atoms with Crippen LogP contribution in [0.4, 0.5) is 11.4 Å². The van der Waals surface area contributed by atoms with Crippen molar-refractivity contribution in [2.75, 3.05) is 18.2 Å². The highest BCUT2D eigenvalue weighted by Crippen LogP contribution is 2.38. The van der Waals surface area contributed by atoms with Crippen LogP contribution in [0, 0.1) is 5.92 Å². The van der Waals surface area contributed by atoms with E-state index in [9.17, 15) is 0 Å². The Balaban J connectivity index is 2.08. The summed E-state index contributed by atoms with van der Waals surface area (Å²) in [6.45, 7) is 2.22. The normalized spacial score (nSPS) is 23.6. The van der Waals surface area contributed by atoms with Crippen molar-refractivity contribution in [1.29, 1.82) is 0 Å². The van der Waals surface area contributed by atoms with Gasteiger partial charge in [-0.15, -0.1) is 0 Å². The standard InChI is InChI=1S/C12H18N2O/c1-3-8-7-10(8)14-9-5-4-6-11(15-2)12(9)13/h4-6,8,10,14H,3,7,13H2,1-2H3. The zero-order chi connectivity index (χ0) is 10.8. The van der Waals surface area contributed by atoms with Crippen molar-refractivity contribution in [3.63, 3.8) is 0 Å².